The first-order valence-electron chi connectivity index (χ1n) is 7.26. The molecule has 0 aliphatic carbocycles. The van der Waals surface area contributed by atoms with E-state index in [1.807, 2.05) is 38.1 Å². The number of nitrogens with two attached hydrogens (primary N) is 1. The Kier molecular flexibility index (Phi) is 4.81. The molecule has 4 nitrogen and oxygen atoms in total. The third-order valence-electron chi connectivity index (χ3n) is 3.74. The molecule has 0 heterocycles. The second kappa shape index (κ2) is 6.59. The zero-order valence-corrected chi connectivity index (χ0v) is 12.5. The van der Waals surface area contributed by atoms with Crippen molar-refractivity contribution in [2.75, 3.05) is 6.54 Å². The van der Waals surface area contributed by atoms with Gasteiger partial charge in [-0.1, -0.05) is 44.2 Å². The molecule has 4 N–H and O–H groups in total. The van der Waals surface area contributed by atoms with Crippen LogP contribution in [0.5, 0.6) is 5.75 Å². The highest BCUT2D eigenvalue weighted by molar-refractivity contribution is 6.03. The van der Waals surface area contributed by atoms with Crippen LogP contribution < -0.4 is 11.1 Å². The van der Waals surface area contributed by atoms with E-state index in [9.17, 15) is 9.90 Å². The average Bonchev–Trinajstić information content (AvgIpc) is 2.47. The largest absolute Gasteiger partial charge is 0.506 e. The van der Waals surface area contributed by atoms with Gasteiger partial charge in [0.15, 0.2) is 0 Å². The predicted molar refractivity (Wildman–Crippen MR) is 85.4 cm³/mol. The third kappa shape index (κ3) is 3.34. The fourth-order valence-electron chi connectivity index (χ4n) is 2.44. The average molecular weight is 286 g/mol. The van der Waals surface area contributed by atoms with Crippen molar-refractivity contribution < 1.29 is 9.90 Å². The van der Waals surface area contributed by atoms with Crippen molar-refractivity contribution in [3.05, 3.63) is 42.0 Å². The van der Waals surface area contributed by atoms with Gasteiger partial charge < -0.3 is 16.2 Å². The van der Waals surface area contributed by atoms with Gasteiger partial charge in [0.2, 0.25) is 0 Å². The Morgan fingerprint density at radius 1 is 1.24 bits per heavy atom. The van der Waals surface area contributed by atoms with Crippen molar-refractivity contribution in [3.8, 4) is 5.75 Å². The van der Waals surface area contributed by atoms with E-state index in [-0.39, 0.29) is 17.7 Å². The molecule has 2 aromatic rings. The Balaban J connectivity index is 2.29. The molecule has 0 bridgehead atoms. The highest BCUT2D eigenvalue weighted by Gasteiger charge is 2.19. The molecule has 0 saturated heterocycles. The number of hydrogen-bond acceptors (Lipinski definition) is 3. The lowest BCUT2D eigenvalue weighted by Crippen LogP contribution is -2.39. The maximum atomic E-state index is 12.4. The minimum absolute atomic E-state index is 0.00775. The summed E-state index contributed by atoms with van der Waals surface area (Å²) in [4.78, 5) is 12.4. The number of carbonyl (C=O) groups is 1. The van der Waals surface area contributed by atoms with Gasteiger partial charge >= 0.3 is 0 Å². The van der Waals surface area contributed by atoms with Crippen LogP contribution in [0.25, 0.3) is 10.8 Å². The van der Waals surface area contributed by atoms with Crippen molar-refractivity contribution >= 4 is 16.7 Å². The van der Waals surface area contributed by atoms with Gasteiger partial charge in [0.1, 0.15) is 5.75 Å². The Bertz CT molecular complexity index is 638. The summed E-state index contributed by atoms with van der Waals surface area (Å²) in [6, 6.07) is 11.0. The van der Waals surface area contributed by atoms with Crippen LogP contribution in [0.3, 0.4) is 0 Å². The number of phenolic OH excluding ortho intramolecular Hbond substituents is 1. The zero-order valence-electron chi connectivity index (χ0n) is 12.5. The van der Waals surface area contributed by atoms with E-state index in [0.29, 0.717) is 23.4 Å². The maximum absolute atomic E-state index is 12.4. The molecule has 0 aromatic heterocycles. The summed E-state index contributed by atoms with van der Waals surface area (Å²) in [5.74, 6) is 0.0614. The number of phenols is 1. The number of benzene rings is 2. The van der Waals surface area contributed by atoms with Crippen LogP contribution in [-0.4, -0.2) is 23.6 Å². The fraction of sp³-hybridized carbons (Fsp3) is 0.353. The van der Waals surface area contributed by atoms with Gasteiger partial charge in [-0.2, -0.15) is 0 Å². The van der Waals surface area contributed by atoms with Gasteiger partial charge in [0.25, 0.3) is 5.91 Å². The van der Waals surface area contributed by atoms with Crippen LogP contribution >= 0.6 is 0 Å². The quantitative estimate of drug-likeness (QED) is 0.791. The van der Waals surface area contributed by atoms with Crippen LogP contribution in [0.2, 0.25) is 0 Å². The van der Waals surface area contributed by atoms with E-state index in [1.54, 1.807) is 12.1 Å². The Morgan fingerprint density at radius 2 is 1.95 bits per heavy atom. The summed E-state index contributed by atoms with van der Waals surface area (Å²) < 4.78 is 0. The van der Waals surface area contributed by atoms with Gasteiger partial charge in [-0.05, 0) is 30.3 Å². The maximum Gasteiger partial charge on any atom is 0.255 e. The molecular weight excluding hydrogens is 264 g/mol. The summed E-state index contributed by atoms with van der Waals surface area (Å²) in [6.07, 6.45) is 0.720. The number of hydrogen-bond donors (Lipinski definition) is 3. The molecule has 1 unspecified atom stereocenters. The van der Waals surface area contributed by atoms with Gasteiger partial charge in [0.05, 0.1) is 5.56 Å². The highest BCUT2D eigenvalue weighted by atomic mass is 16.3. The van der Waals surface area contributed by atoms with Crippen molar-refractivity contribution in [1.82, 2.24) is 5.32 Å². The number of nitrogens with one attached hydrogen (secondary N) is 1. The first kappa shape index (κ1) is 15.3. The van der Waals surface area contributed by atoms with E-state index < -0.39 is 0 Å². The monoisotopic (exact) mass is 286 g/mol. The number of fused-ring (bicyclic) bond motifs is 1. The number of carbonyl (C=O) groups excluding carboxylic acids is 1. The van der Waals surface area contributed by atoms with E-state index in [0.717, 1.165) is 11.8 Å². The third-order valence-corrected chi connectivity index (χ3v) is 3.74. The second-order valence-corrected chi connectivity index (χ2v) is 5.58. The van der Waals surface area contributed by atoms with E-state index in [2.05, 4.69) is 5.32 Å². The van der Waals surface area contributed by atoms with Crippen molar-refractivity contribution in [1.29, 1.82) is 0 Å². The van der Waals surface area contributed by atoms with Crippen molar-refractivity contribution in [2.45, 2.75) is 26.3 Å². The normalized spacial score (nSPS) is 12.6. The lowest BCUT2D eigenvalue weighted by molar-refractivity contribution is 0.0921. The topological polar surface area (TPSA) is 75.3 Å². The Labute approximate surface area is 125 Å². The SMILES string of the molecule is CC(C)C(CCN)NC(=O)c1ccc2ccccc2c1O. The molecule has 0 spiro atoms. The molecule has 1 atom stereocenters. The predicted octanol–water partition coefficient (Wildman–Crippen LogP) is 2.65. The molecule has 4 heteroatoms. The molecule has 0 radical (unpaired) electrons. The fourth-order valence-corrected chi connectivity index (χ4v) is 2.44. The summed E-state index contributed by atoms with van der Waals surface area (Å²) >= 11 is 0. The molecule has 0 fully saturated rings. The van der Waals surface area contributed by atoms with Gasteiger partial charge in [0, 0.05) is 11.4 Å². The number of aromatic hydroxyl groups is 1. The van der Waals surface area contributed by atoms with Crippen LogP contribution in [0, 0.1) is 5.92 Å². The molecule has 2 aromatic carbocycles. The summed E-state index contributed by atoms with van der Waals surface area (Å²) in [6.45, 7) is 4.61. The van der Waals surface area contributed by atoms with Crippen LogP contribution in [0.4, 0.5) is 0 Å². The molecule has 0 saturated carbocycles. The Hall–Kier alpha value is -2.07. The summed E-state index contributed by atoms with van der Waals surface area (Å²) in [5.41, 5.74) is 5.89. The Morgan fingerprint density at radius 3 is 2.62 bits per heavy atom. The van der Waals surface area contributed by atoms with Crippen LogP contribution in [0.15, 0.2) is 36.4 Å². The molecule has 112 valence electrons. The summed E-state index contributed by atoms with van der Waals surface area (Å²) in [7, 11) is 0. The van der Waals surface area contributed by atoms with Gasteiger partial charge in [-0.15, -0.1) is 0 Å². The molecule has 0 aliphatic rings. The molecular formula is C17H22N2O2. The van der Waals surface area contributed by atoms with Crippen LogP contribution in [-0.2, 0) is 0 Å². The highest BCUT2D eigenvalue weighted by Crippen LogP contribution is 2.28. The first-order chi connectivity index (χ1) is 10.0. The van der Waals surface area contributed by atoms with Gasteiger partial charge in [-0.3, -0.25) is 4.79 Å². The first-order valence-corrected chi connectivity index (χ1v) is 7.26. The number of rotatable bonds is 5. The van der Waals surface area contributed by atoms with Crippen molar-refractivity contribution in [3.63, 3.8) is 0 Å². The van der Waals surface area contributed by atoms with E-state index >= 15 is 0 Å². The lowest BCUT2D eigenvalue weighted by atomic mass is 9.99. The van der Waals surface area contributed by atoms with Gasteiger partial charge in [-0.25, -0.2) is 0 Å². The molecule has 0 aliphatic heterocycles. The molecule has 1 amide bonds. The minimum atomic E-state index is -0.259. The zero-order chi connectivity index (χ0) is 15.4. The molecule has 21 heavy (non-hydrogen) atoms. The molecule has 2 rings (SSSR count). The lowest BCUT2D eigenvalue weighted by Gasteiger charge is -2.22. The van der Waals surface area contributed by atoms with E-state index in [1.165, 1.54) is 0 Å². The summed E-state index contributed by atoms with van der Waals surface area (Å²) in [5, 5.41) is 14.9. The standard InChI is InChI=1S/C17H22N2O2/c1-11(2)15(9-10-18)19-17(21)14-8-7-12-5-3-4-6-13(12)16(14)20/h3-8,11,15,20H,9-10,18H2,1-2H3,(H,19,21). The minimum Gasteiger partial charge on any atom is -0.506 e. The smallest absolute Gasteiger partial charge is 0.255 e. The van der Waals surface area contributed by atoms with Crippen molar-refractivity contribution in [2.24, 2.45) is 11.7 Å². The van der Waals surface area contributed by atoms with E-state index in [4.69, 9.17) is 5.73 Å². The second-order valence-electron chi connectivity index (χ2n) is 5.58. The number of amides is 1. The van der Waals surface area contributed by atoms with Crippen LogP contribution in [0.1, 0.15) is 30.6 Å².